The van der Waals surface area contributed by atoms with E-state index in [1.54, 1.807) is 5.57 Å². The van der Waals surface area contributed by atoms with Gasteiger partial charge < -0.3 is 0 Å². The Morgan fingerprint density at radius 1 is 0.741 bits per heavy atom. The molecule has 0 nitrogen and oxygen atoms in total. The fourth-order valence-corrected chi connectivity index (χ4v) is 6.49. The monoisotopic (exact) mass is 370 g/mol. The third kappa shape index (κ3) is 4.07. The molecule has 0 heterocycles. The Bertz CT molecular complexity index is 856. The highest BCUT2D eigenvalue weighted by atomic mass is 31.1. The van der Waals surface area contributed by atoms with Crippen LogP contribution in [0.2, 0.25) is 0 Å². The van der Waals surface area contributed by atoms with Crippen LogP contribution in [0.1, 0.15) is 43.2 Å². The number of rotatable bonds is 7. The van der Waals surface area contributed by atoms with Gasteiger partial charge >= 0.3 is 0 Å². The van der Waals surface area contributed by atoms with Crippen LogP contribution in [0.15, 0.2) is 91.0 Å². The van der Waals surface area contributed by atoms with Crippen LogP contribution < -0.4 is 10.6 Å². The Labute approximate surface area is 164 Å². The molecule has 0 amide bonds. The summed E-state index contributed by atoms with van der Waals surface area (Å²) in [7, 11) is -0.280. The average Bonchev–Trinajstić information content (AvgIpc) is 3.10. The van der Waals surface area contributed by atoms with Gasteiger partial charge in [-0.1, -0.05) is 97.9 Å². The molecule has 0 radical (unpaired) electrons. The van der Waals surface area contributed by atoms with Gasteiger partial charge in [-0.2, -0.15) is 0 Å². The van der Waals surface area contributed by atoms with Crippen LogP contribution in [0.3, 0.4) is 0 Å². The summed E-state index contributed by atoms with van der Waals surface area (Å²) < 4.78 is 0. The summed E-state index contributed by atoms with van der Waals surface area (Å²) in [5, 5.41) is 2.98. The molecule has 0 spiro atoms. The first-order chi connectivity index (χ1) is 13.4. The Morgan fingerprint density at radius 3 is 1.96 bits per heavy atom. The van der Waals surface area contributed by atoms with E-state index in [0.29, 0.717) is 5.92 Å². The molecule has 27 heavy (non-hydrogen) atoms. The molecule has 1 aliphatic rings. The minimum atomic E-state index is -0.280. The van der Waals surface area contributed by atoms with Gasteiger partial charge in [0, 0.05) is 5.92 Å². The van der Waals surface area contributed by atoms with Crippen LogP contribution in [0.5, 0.6) is 0 Å². The summed E-state index contributed by atoms with van der Waals surface area (Å²) >= 11 is 0. The zero-order chi connectivity index (χ0) is 18.5. The first-order valence-corrected chi connectivity index (χ1v) is 11.6. The van der Waals surface area contributed by atoms with Crippen LogP contribution in [0, 0.1) is 0 Å². The van der Waals surface area contributed by atoms with E-state index in [4.69, 9.17) is 0 Å². The third-order valence-corrected chi connectivity index (χ3v) is 8.12. The molecule has 4 rings (SSSR count). The van der Waals surface area contributed by atoms with Crippen LogP contribution >= 0.6 is 7.92 Å². The molecule has 3 aromatic carbocycles. The molecule has 0 fully saturated rings. The minimum Gasteiger partial charge on any atom is -0.0732 e. The Balaban J connectivity index is 1.50. The van der Waals surface area contributed by atoms with Crippen molar-refractivity contribution in [2.75, 3.05) is 6.16 Å². The Morgan fingerprint density at radius 2 is 1.33 bits per heavy atom. The van der Waals surface area contributed by atoms with Gasteiger partial charge in [0.15, 0.2) is 0 Å². The molecule has 0 aliphatic heterocycles. The first-order valence-electron chi connectivity index (χ1n) is 10.0. The zero-order valence-electron chi connectivity index (χ0n) is 16.0. The second-order valence-corrected chi connectivity index (χ2v) is 9.56. The van der Waals surface area contributed by atoms with Crippen molar-refractivity contribution in [1.82, 2.24) is 0 Å². The second kappa shape index (κ2) is 8.68. The van der Waals surface area contributed by atoms with Gasteiger partial charge in [-0.3, -0.25) is 0 Å². The van der Waals surface area contributed by atoms with Crippen LogP contribution in [-0.4, -0.2) is 6.16 Å². The fourth-order valence-electron chi connectivity index (χ4n) is 4.14. The number of allylic oxidation sites excluding steroid dienone is 2. The first kappa shape index (κ1) is 18.2. The second-order valence-electron chi connectivity index (χ2n) is 7.22. The Hall–Kier alpha value is -2.17. The molecule has 0 saturated carbocycles. The van der Waals surface area contributed by atoms with Crippen molar-refractivity contribution in [1.29, 1.82) is 0 Å². The lowest BCUT2D eigenvalue weighted by molar-refractivity contribution is 0.817. The predicted octanol–water partition coefficient (Wildman–Crippen LogP) is 6.49. The molecule has 3 aromatic rings. The van der Waals surface area contributed by atoms with E-state index in [9.17, 15) is 0 Å². The molecular formula is C26H27P. The van der Waals surface area contributed by atoms with Crippen molar-refractivity contribution in [3.63, 3.8) is 0 Å². The van der Waals surface area contributed by atoms with E-state index in [0.717, 1.165) is 0 Å². The van der Waals surface area contributed by atoms with Crippen molar-refractivity contribution in [2.24, 2.45) is 0 Å². The van der Waals surface area contributed by atoms with Gasteiger partial charge in [0.2, 0.25) is 0 Å². The largest absolute Gasteiger partial charge is 0.0732 e. The summed E-state index contributed by atoms with van der Waals surface area (Å²) in [6, 6.07) is 31.1. The SMILES string of the molecule is CCC1C=C(CCCP(c2ccccc2)c2ccccc2)c2ccccc21. The van der Waals surface area contributed by atoms with E-state index in [-0.39, 0.29) is 7.92 Å². The quantitative estimate of drug-likeness (QED) is 0.417. The lowest BCUT2D eigenvalue weighted by Crippen LogP contribution is -2.13. The number of hydrogen-bond donors (Lipinski definition) is 0. The highest BCUT2D eigenvalue weighted by Crippen LogP contribution is 2.41. The number of hydrogen-bond acceptors (Lipinski definition) is 0. The fraction of sp³-hybridized carbons (Fsp3) is 0.231. The smallest absolute Gasteiger partial charge is 0.00274 e. The molecule has 136 valence electrons. The van der Waals surface area contributed by atoms with Crippen molar-refractivity contribution in [2.45, 2.75) is 32.1 Å². The molecule has 0 N–H and O–H groups in total. The van der Waals surface area contributed by atoms with Gasteiger partial charge in [-0.25, -0.2) is 0 Å². The van der Waals surface area contributed by atoms with Crippen LogP contribution in [-0.2, 0) is 0 Å². The van der Waals surface area contributed by atoms with Gasteiger partial charge in [0.25, 0.3) is 0 Å². The molecule has 1 aliphatic carbocycles. The highest BCUT2D eigenvalue weighted by Gasteiger charge is 2.21. The molecule has 0 saturated heterocycles. The van der Waals surface area contributed by atoms with E-state index in [2.05, 4.69) is 97.9 Å². The van der Waals surface area contributed by atoms with Gasteiger partial charge in [0.05, 0.1) is 0 Å². The average molecular weight is 370 g/mol. The molecule has 1 heteroatoms. The number of fused-ring (bicyclic) bond motifs is 1. The van der Waals surface area contributed by atoms with E-state index >= 15 is 0 Å². The summed E-state index contributed by atoms with van der Waals surface area (Å²) in [6.07, 6.45) is 7.40. The van der Waals surface area contributed by atoms with Gasteiger partial charge in [-0.15, -0.1) is 0 Å². The van der Waals surface area contributed by atoms with E-state index < -0.39 is 0 Å². The van der Waals surface area contributed by atoms with Crippen LogP contribution in [0.4, 0.5) is 0 Å². The maximum Gasteiger partial charge on any atom is 0.00274 e. The standard InChI is InChI=1S/C26H27P/c1-2-21-20-22(26-18-10-9-17-25(21)26)12-11-19-27(23-13-5-3-6-14-23)24-15-7-4-8-16-24/h3-10,13-18,20-21H,2,11-12,19H2,1H3. The van der Waals surface area contributed by atoms with Crippen molar-refractivity contribution in [3.05, 3.63) is 102 Å². The molecule has 0 aromatic heterocycles. The number of benzene rings is 3. The molecule has 1 atom stereocenters. The summed E-state index contributed by atoms with van der Waals surface area (Å²) in [6.45, 7) is 2.30. The minimum absolute atomic E-state index is 0.280. The van der Waals surface area contributed by atoms with Crippen LogP contribution in [0.25, 0.3) is 5.57 Å². The van der Waals surface area contributed by atoms with Crippen molar-refractivity contribution >= 4 is 24.1 Å². The summed E-state index contributed by atoms with van der Waals surface area (Å²) in [5.74, 6) is 0.612. The summed E-state index contributed by atoms with van der Waals surface area (Å²) in [4.78, 5) is 0. The zero-order valence-corrected chi connectivity index (χ0v) is 16.9. The van der Waals surface area contributed by atoms with E-state index in [1.807, 2.05) is 0 Å². The maximum atomic E-state index is 2.53. The lowest BCUT2D eigenvalue weighted by Gasteiger charge is -2.19. The van der Waals surface area contributed by atoms with Crippen molar-refractivity contribution < 1.29 is 0 Å². The predicted molar refractivity (Wildman–Crippen MR) is 121 cm³/mol. The molecule has 0 bridgehead atoms. The summed E-state index contributed by atoms with van der Waals surface area (Å²) in [5.41, 5.74) is 4.59. The lowest BCUT2D eigenvalue weighted by atomic mass is 9.98. The highest BCUT2D eigenvalue weighted by molar-refractivity contribution is 7.73. The normalized spacial score (nSPS) is 15.6. The third-order valence-electron chi connectivity index (χ3n) is 5.51. The van der Waals surface area contributed by atoms with Gasteiger partial charge in [0.1, 0.15) is 0 Å². The molecule has 1 unspecified atom stereocenters. The topological polar surface area (TPSA) is 0 Å². The Kier molecular flexibility index (Phi) is 5.85. The van der Waals surface area contributed by atoms with Gasteiger partial charge in [-0.05, 0) is 60.7 Å². The molecular weight excluding hydrogens is 343 g/mol. The van der Waals surface area contributed by atoms with Crippen molar-refractivity contribution in [3.8, 4) is 0 Å². The maximum absolute atomic E-state index is 2.53. The van der Waals surface area contributed by atoms with E-state index in [1.165, 1.54) is 47.2 Å².